The molecule has 1 aliphatic heterocycles. The van der Waals surface area contributed by atoms with Crippen LogP contribution in [0.15, 0.2) is 28.7 Å². The number of alkyl halides is 3. The molecule has 1 aromatic carbocycles. The normalized spacial score (nSPS) is 19.0. The summed E-state index contributed by atoms with van der Waals surface area (Å²) in [5.41, 5.74) is 0.612. The van der Waals surface area contributed by atoms with Gasteiger partial charge in [-0.05, 0) is 18.2 Å². The van der Waals surface area contributed by atoms with E-state index >= 15 is 0 Å². The number of nitrogens with one attached hydrogen (secondary N) is 1. The van der Waals surface area contributed by atoms with E-state index in [1.54, 1.807) is 24.3 Å². The maximum Gasteiger partial charge on any atom is 0.405 e. The Morgan fingerprint density at radius 1 is 1.43 bits per heavy atom. The van der Waals surface area contributed by atoms with Gasteiger partial charge in [-0.15, -0.1) is 0 Å². The minimum atomic E-state index is -4.46. The van der Waals surface area contributed by atoms with Crippen LogP contribution in [-0.2, 0) is 9.59 Å². The predicted octanol–water partition coefficient (Wildman–Crippen LogP) is 2.48. The molecule has 1 N–H and O–H groups in total. The molecule has 114 valence electrons. The number of carbonyl (C=O) groups excluding carboxylic acids is 2. The summed E-state index contributed by atoms with van der Waals surface area (Å²) in [7, 11) is 0. The number of rotatable bonds is 3. The first-order chi connectivity index (χ1) is 9.76. The second-order valence-electron chi connectivity index (χ2n) is 4.72. The van der Waals surface area contributed by atoms with E-state index in [2.05, 4.69) is 15.9 Å². The third-order valence-corrected chi connectivity index (χ3v) is 3.57. The van der Waals surface area contributed by atoms with Crippen LogP contribution in [0.25, 0.3) is 0 Å². The second kappa shape index (κ2) is 6.05. The molecule has 1 saturated heterocycles. The van der Waals surface area contributed by atoms with Crippen molar-refractivity contribution < 1.29 is 22.8 Å². The van der Waals surface area contributed by atoms with E-state index in [4.69, 9.17) is 0 Å². The first-order valence-corrected chi connectivity index (χ1v) is 6.96. The molecule has 1 aromatic rings. The van der Waals surface area contributed by atoms with Crippen molar-refractivity contribution in [3.63, 3.8) is 0 Å². The number of benzene rings is 1. The molecule has 4 nitrogen and oxygen atoms in total. The van der Waals surface area contributed by atoms with E-state index in [0.29, 0.717) is 5.69 Å². The number of halogens is 4. The Morgan fingerprint density at radius 2 is 2.14 bits per heavy atom. The second-order valence-corrected chi connectivity index (χ2v) is 5.63. The van der Waals surface area contributed by atoms with E-state index in [1.165, 1.54) is 4.90 Å². The first-order valence-electron chi connectivity index (χ1n) is 6.16. The highest BCUT2D eigenvalue weighted by atomic mass is 79.9. The lowest BCUT2D eigenvalue weighted by Gasteiger charge is -2.17. The Labute approximate surface area is 127 Å². The van der Waals surface area contributed by atoms with E-state index in [9.17, 15) is 22.8 Å². The van der Waals surface area contributed by atoms with Crippen LogP contribution in [0.5, 0.6) is 0 Å². The van der Waals surface area contributed by atoms with Crippen LogP contribution in [0.2, 0.25) is 0 Å². The summed E-state index contributed by atoms with van der Waals surface area (Å²) >= 11 is 3.28. The predicted molar refractivity (Wildman–Crippen MR) is 73.7 cm³/mol. The molecule has 0 bridgehead atoms. The molecule has 2 rings (SSSR count). The zero-order chi connectivity index (χ0) is 15.6. The lowest BCUT2D eigenvalue weighted by atomic mass is 10.1. The van der Waals surface area contributed by atoms with E-state index in [-0.39, 0.29) is 18.9 Å². The molecule has 1 fully saturated rings. The van der Waals surface area contributed by atoms with E-state index in [1.807, 2.05) is 5.32 Å². The molecule has 0 radical (unpaired) electrons. The zero-order valence-electron chi connectivity index (χ0n) is 10.8. The molecular formula is C13H12BrF3N2O2. The Hall–Kier alpha value is -1.57. The quantitative estimate of drug-likeness (QED) is 0.895. The minimum absolute atomic E-state index is 0.0823. The molecule has 1 atom stereocenters. The molecule has 0 aliphatic carbocycles. The van der Waals surface area contributed by atoms with Gasteiger partial charge in [-0.1, -0.05) is 22.0 Å². The molecule has 21 heavy (non-hydrogen) atoms. The number of hydrogen-bond donors (Lipinski definition) is 1. The maximum atomic E-state index is 12.1. The van der Waals surface area contributed by atoms with Crippen LogP contribution in [0, 0.1) is 5.92 Å². The lowest BCUT2D eigenvalue weighted by Crippen LogP contribution is -2.38. The van der Waals surface area contributed by atoms with Gasteiger partial charge < -0.3 is 10.2 Å². The summed E-state index contributed by atoms with van der Waals surface area (Å²) in [6.07, 6.45) is -4.54. The highest BCUT2D eigenvalue weighted by molar-refractivity contribution is 9.10. The Kier molecular flexibility index (Phi) is 4.55. The van der Waals surface area contributed by atoms with Gasteiger partial charge in [-0.2, -0.15) is 13.2 Å². The van der Waals surface area contributed by atoms with Crippen LogP contribution in [-0.4, -0.2) is 31.1 Å². The molecular weight excluding hydrogens is 353 g/mol. The van der Waals surface area contributed by atoms with E-state index in [0.717, 1.165) is 4.47 Å². The van der Waals surface area contributed by atoms with Gasteiger partial charge in [-0.25, -0.2) is 0 Å². The fourth-order valence-electron chi connectivity index (χ4n) is 2.11. The van der Waals surface area contributed by atoms with Crippen molar-refractivity contribution in [1.82, 2.24) is 5.32 Å². The standard InChI is InChI=1S/C13H12BrF3N2O2/c14-9-2-1-3-10(5-9)19-6-8(4-11(19)20)12(21)18-7-13(15,16)17/h1-3,5,8H,4,6-7H2,(H,18,21). The van der Waals surface area contributed by atoms with Gasteiger partial charge >= 0.3 is 6.18 Å². The van der Waals surface area contributed by atoms with Gasteiger partial charge in [0.25, 0.3) is 0 Å². The number of hydrogen-bond acceptors (Lipinski definition) is 2. The van der Waals surface area contributed by atoms with Crippen molar-refractivity contribution >= 4 is 33.4 Å². The molecule has 0 aromatic heterocycles. The van der Waals surface area contributed by atoms with Crippen LogP contribution < -0.4 is 10.2 Å². The SMILES string of the molecule is O=C(NCC(F)(F)F)C1CC(=O)N(c2cccc(Br)c2)C1. The van der Waals surface area contributed by atoms with Crippen LogP contribution in [0.4, 0.5) is 18.9 Å². The number of amides is 2. The first kappa shape index (κ1) is 15.8. The lowest BCUT2D eigenvalue weighted by molar-refractivity contribution is -0.140. The highest BCUT2D eigenvalue weighted by Gasteiger charge is 2.36. The number of anilines is 1. The van der Waals surface area contributed by atoms with Crippen molar-refractivity contribution in [2.45, 2.75) is 12.6 Å². The van der Waals surface area contributed by atoms with Crippen LogP contribution >= 0.6 is 15.9 Å². The average Bonchev–Trinajstić information content (AvgIpc) is 2.77. The third kappa shape index (κ3) is 4.20. The van der Waals surface area contributed by atoms with Crippen LogP contribution in [0.1, 0.15) is 6.42 Å². The monoisotopic (exact) mass is 364 g/mol. The number of carbonyl (C=O) groups is 2. The molecule has 0 saturated carbocycles. The van der Waals surface area contributed by atoms with Crippen molar-refractivity contribution in [2.75, 3.05) is 18.0 Å². The topological polar surface area (TPSA) is 49.4 Å². The van der Waals surface area contributed by atoms with Gasteiger partial charge in [0.05, 0.1) is 5.92 Å². The van der Waals surface area contributed by atoms with Gasteiger partial charge in [0.2, 0.25) is 11.8 Å². The average molecular weight is 365 g/mol. The largest absolute Gasteiger partial charge is 0.405 e. The summed E-state index contributed by atoms with van der Waals surface area (Å²) in [4.78, 5) is 25.0. The minimum Gasteiger partial charge on any atom is -0.347 e. The highest BCUT2D eigenvalue weighted by Crippen LogP contribution is 2.27. The van der Waals surface area contributed by atoms with Gasteiger partial charge in [0.15, 0.2) is 0 Å². The van der Waals surface area contributed by atoms with Gasteiger partial charge in [0, 0.05) is 23.1 Å². The Bertz CT molecular complexity index is 563. The van der Waals surface area contributed by atoms with E-state index < -0.39 is 24.5 Å². The summed E-state index contributed by atoms with van der Waals surface area (Å²) in [5, 5.41) is 1.82. The molecule has 0 spiro atoms. The molecule has 2 amide bonds. The Balaban J connectivity index is 2.01. The zero-order valence-corrected chi connectivity index (χ0v) is 12.4. The smallest absolute Gasteiger partial charge is 0.347 e. The fourth-order valence-corrected chi connectivity index (χ4v) is 2.50. The summed E-state index contributed by atoms with van der Waals surface area (Å²) < 4.78 is 37.0. The third-order valence-electron chi connectivity index (χ3n) is 3.08. The fraction of sp³-hybridized carbons (Fsp3) is 0.385. The van der Waals surface area contributed by atoms with Crippen molar-refractivity contribution in [3.8, 4) is 0 Å². The van der Waals surface area contributed by atoms with Crippen molar-refractivity contribution in [1.29, 1.82) is 0 Å². The summed E-state index contributed by atoms with van der Waals surface area (Å²) in [6.45, 7) is -1.30. The van der Waals surface area contributed by atoms with Gasteiger partial charge in [-0.3, -0.25) is 9.59 Å². The maximum absolute atomic E-state index is 12.1. The Morgan fingerprint density at radius 3 is 2.76 bits per heavy atom. The number of nitrogens with zero attached hydrogens (tertiary/aromatic N) is 1. The van der Waals surface area contributed by atoms with Crippen LogP contribution in [0.3, 0.4) is 0 Å². The molecule has 1 heterocycles. The summed E-state index contributed by atoms with van der Waals surface area (Å²) in [6, 6.07) is 6.95. The molecule has 1 aliphatic rings. The van der Waals surface area contributed by atoms with Crippen molar-refractivity contribution in [3.05, 3.63) is 28.7 Å². The molecule has 8 heteroatoms. The molecule has 1 unspecified atom stereocenters. The van der Waals surface area contributed by atoms with Crippen molar-refractivity contribution in [2.24, 2.45) is 5.92 Å². The summed E-state index contributed by atoms with van der Waals surface area (Å²) in [5.74, 6) is -1.79. The van der Waals surface area contributed by atoms with Gasteiger partial charge in [0.1, 0.15) is 6.54 Å².